The molecule has 0 saturated heterocycles. The van der Waals surface area contributed by atoms with E-state index < -0.39 is 0 Å². The highest BCUT2D eigenvalue weighted by Gasteiger charge is 2.31. The first kappa shape index (κ1) is 17.6. The molecule has 5 nitrogen and oxygen atoms in total. The number of nitrogens with one attached hydrogen (secondary N) is 1. The van der Waals surface area contributed by atoms with Crippen molar-refractivity contribution in [2.45, 2.75) is 6.92 Å². The molecule has 29 heavy (non-hydrogen) atoms. The van der Waals surface area contributed by atoms with Gasteiger partial charge >= 0.3 is 0 Å². The molecule has 1 aromatic heterocycles. The number of carbonyl (C=O) groups excluding carboxylic acids is 2. The summed E-state index contributed by atoms with van der Waals surface area (Å²) < 4.78 is 6.53. The fourth-order valence-corrected chi connectivity index (χ4v) is 4.49. The second kappa shape index (κ2) is 6.83. The zero-order valence-electron chi connectivity index (χ0n) is 15.6. The number of ether oxygens (including phenoxy) is 1. The van der Waals surface area contributed by atoms with Crippen molar-refractivity contribution in [3.05, 3.63) is 82.9 Å². The molecule has 1 heterocycles. The second-order valence-electron chi connectivity index (χ2n) is 6.64. The Morgan fingerprint density at radius 1 is 0.931 bits per heavy atom. The average molecular weight is 400 g/mol. The van der Waals surface area contributed by atoms with E-state index in [2.05, 4.69) is 10.3 Å². The number of ketones is 2. The molecule has 1 aliphatic rings. The minimum atomic E-state index is -0.155. The Morgan fingerprint density at radius 2 is 1.69 bits per heavy atom. The molecular formula is C23H16N2O3S. The number of nitrogens with zero attached hydrogens (tertiary/aromatic N) is 1. The maximum atomic E-state index is 13.1. The van der Waals surface area contributed by atoms with Crippen LogP contribution in [0.25, 0.3) is 10.2 Å². The molecule has 3 aromatic carbocycles. The van der Waals surface area contributed by atoms with Crippen LogP contribution in [0.4, 0.5) is 10.8 Å². The van der Waals surface area contributed by atoms with Gasteiger partial charge in [0.1, 0.15) is 5.75 Å². The summed E-state index contributed by atoms with van der Waals surface area (Å²) in [5.74, 6) is 0.507. The van der Waals surface area contributed by atoms with Gasteiger partial charge < -0.3 is 10.1 Å². The van der Waals surface area contributed by atoms with Crippen molar-refractivity contribution in [2.24, 2.45) is 0 Å². The number of fused-ring (bicyclic) bond motifs is 3. The summed E-state index contributed by atoms with van der Waals surface area (Å²) >= 11 is 1.47. The first-order valence-electron chi connectivity index (χ1n) is 9.27. The Morgan fingerprint density at radius 3 is 2.48 bits per heavy atom. The maximum Gasteiger partial charge on any atom is 0.196 e. The Labute approximate surface area is 171 Å². The van der Waals surface area contributed by atoms with E-state index in [4.69, 9.17) is 4.74 Å². The molecule has 0 amide bonds. The van der Waals surface area contributed by atoms with Crippen molar-refractivity contribution < 1.29 is 14.3 Å². The molecule has 0 bridgehead atoms. The smallest absolute Gasteiger partial charge is 0.196 e. The van der Waals surface area contributed by atoms with Gasteiger partial charge in [-0.25, -0.2) is 4.98 Å². The van der Waals surface area contributed by atoms with Gasteiger partial charge in [0.2, 0.25) is 0 Å². The molecule has 0 saturated carbocycles. The fraction of sp³-hybridized carbons (Fsp3) is 0.0870. The molecule has 0 radical (unpaired) electrons. The van der Waals surface area contributed by atoms with Crippen molar-refractivity contribution in [2.75, 3.05) is 11.9 Å². The zero-order valence-corrected chi connectivity index (χ0v) is 16.4. The molecule has 142 valence electrons. The number of benzene rings is 3. The Kier molecular flexibility index (Phi) is 4.14. The fourth-order valence-electron chi connectivity index (χ4n) is 3.58. The summed E-state index contributed by atoms with van der Waals surface area (Å²) in [5.41, 5.74) is 3.12. The van der Waals surface area contributed by atoms with E-state index in [0.717, 1.165) is 16.0 Å². The van der Waals surface area contributed by atoms with E-state index in [1.54, 1.807) is 42.5 Å². The molecule has 1 N–H and O–H groups in total. The molecule has 4 aromatic rings. The van der Waals surface area contributed by atoms with Crippen molar-refractivity contribution in [3.63, 3.8) is 0 Å². The van der Waals surface area contributed by atoms with Gasteiger partial charge in [0, 0.05) is 16.7 Å². The lowest BCUT2D eigenvalue weighted by Crippen LogP contribution is -2.21. The SMILES string of the molecule is CCOc1ccc2nc(Nc3cccc4c3C(=O)c3ccccc3C4=O)sc2c1. The number of thiazole rings is 1. The van der Waals surface area contributed by atoms with Crippen molar-refractivity contribution in [3.8, 4) is 5.75 Å². The van der Waals surface area contributed by atoms with E-state index >= 15 is 0 Å². The van der Waals surface area contributed by atoms with Gasteiger partial charge in [-0.1, -0.05) is 47.7 Å². The second-order valence-corrected chi connectivity index (χ2v) is 7.67. The summed E-state index contributed by atoms with van der Waals surface area (Å²) in [7, 11) is 0. The predicted molar refractivity (Wildman–Crippen MR) is 114 cm³/mol. The molecular weight excluding hydrogens is 384 g/mol. The van der Waals surface area contributed by atoms with E-state index in [1.165, 1.54) is 11.3 Å². The van der Waals surface area contributed by atoms with Crippen LogP contribution < -0.4 is 10.1 Å². The van der Waals surface area contributed by atoms with Gasteiger partial charge in [-0.05, 0) is 31.2 Å². The van der Waals surface area contributed by atoms with E-state index in [1.807, 2.05) is 25.1 Å². The van der Waals surface area contributed by atoms with Gasteiger partial charge in [0.05, 0.1) is 28.1 Å². The number of carbonyl (C=O) groups is 2. The third kappa shape index (κ3) is 2.89. The molecule has 0 aliphatic heterocycles. The highest BCUT2D eigenvalue weighted by atomic mass is 32.1. The highest BCUT2D eigenvalue weighted by molar-refractivity contribution is 7.22. The third-order valence-corrected chi connectivity index (χ3v) is 5.80. The quantitative estimate of drug-likeness (QED) is 0.448. The number of hydrogen-bond donors (Lipinski definition) is 1. The van der Waals surface area contributed by atoms with Gasteiger partial charge in [0.15, 0.2) is 16.7 Å². The summed E-state index contributed by atoms with van der Waals surface area (Å²) in [6.45, 7) is 2.54. The Balaban J connectivity index is 1.56. The minimum Gasteiger partial charge on any atom is -0.494 e. The van der Waals surface area contributed by atoms with Crippen LogP contribution in [0.2, 0.25) is 0 Å². The summed E-state index contributed by atoms with van der Waals surface area (Å²) in [6.07, 6.45) is 0. The largest absolute Gasteiger partial charge is 0.494 e. The lowest BCUT2D eigenvalue weighted by Gasteiger charge is -2.20. The van der Waals surface area contributed by atoms with Crippen LogP contribution in [-0.2, 0) is 0 Å². The van der Waals surface area contributed by atoms with Gasteiger partial charge in [0.25, 0.3) is 0 Å². The summed E-state index contributed by atoms with van der Waals surface area (Å²) in [6, 6.07) is 18.0. The van der Waals surface area contributed by atoms with Crippen LogP contribution in [-0.4, -0.2) is 23.2 Å². The molecule has 6 heteroatoms. The summed E-state index contributed by atoms with van der Waals surface area (Å²) in [4.78, 5) is 30.6. The number of aromatic nitrogens is 1. The molecule has 1 aliphatic carbocycles. The van der Waals surface area contributed by atoms with Gasteiger partial charge in [-0.15, -0.1) is 0 Å². The Bertz CT molecular complexity index is 1290. The monoisotopic (exact) mass is 400 g/mol. The van der Waals surface area contributed by atoms with Crippen molar-refractivity contribution >= 4 is 43.9 Å². The normalized spacial score (nSPS) is 12.6. The first-order chi connectivity index (χ1) is 14.2. The van der Waals surface area contributed by atoms with E-state index in [-0.39, 0.29) is 11.6 Å². The minimum absolute atomic E-state index is 0.135. The van der Waals surface area contributed by atoms with Crippen LogP contribution in [0.15, 0.2) is 60.7 Å². The maximum absolute atomic E-state index is 13.1. The van der Waals surface area contributed by atoms with Crippen LogP contribution in [0.3, 0.4) is 0 Å². The number of rotatable bonds is 4. The third-order valence-electron chi connectivity index (χ3n) is 4.86. The molecule has 0 spiro atoms. The average Bonchev–Trinajstić information content (AvgIpc) is 3.14. The topological polar surface area (TPSA) is 68.3 Å². The highest BCUT2D eigenvalue weighted by Crippen LogP contribution is 2.36. The molecule has 0 atom stereocenters. The number of hydrogen-bond acceptors (Lipinski definition) is 6. The van der Waals surface area contributed by atoms with Gasteiger partial charge in [-0.2, -0.15) is 0 Å². The van der Waals surface area contributed by atoms with Crippen LogP contribution >= 0.6 is 11.3 Å². The molecule has 0 unspecified atom stereocenters. The zero-order chi connectivity index (χ0) is 20.0. The van der Waals surface area contributed by atoms with Crippen molar-refractivity contribution in [1.82, 2.24) is 4.98 Å². The molecule has 5 rings (SSSR count). The number of anilines is 2. The summed E-state index contributed by atoms with van der Waals surface area (Å²) in [5, 5.41) is 3.90. The Hall–Kier alpha value is -3.51. The predicted octanol–water partition coefficient (Wildman–Crippen LogP) is 5.21. The van der Waals surface area contributed by atoms with Crippen molar-refractivity contribution in [1.29, 1.82) is 0 Å². The van der Waals surface area contributed by atoms with Gasteiger partial charge in [-0.3, -0.25) is 9.59 Å². The lowest BCUT2D eigenvalue weighted by atomic mass is 9.83. The van der Waals surface area contributed by atoms with E-state index in [0.29, 0.717) is 39.7 Å². The van der Waals surface area contributed by atoms with Crippen LogP contribution in [0, 0.1) is 0 Å². The van der Waals surface area contributed by atoms with Crippen LogP contribution in [0.5, 0.6) is 5.75 Å². The first-order valence-corrected chi connectivity index (χ1v) is 10.1. The lowest BCUT2D eigenvalue weighted by molar-refractivity contribution is 0.0979. The molecule has 0 fully saturated rings. The van der Waals surface area contributed by atoms with Crippen LogP contribution in [0.1, 0.15) is 38.8 Å². The van der Waals surface area contributed by atoms with E-state index in [9.17, 15) is 9.59 Å². The standard InChI is InChI=1S/C23H16N2O3S/c1-2-28-13-10-11-17-19(12-13)29-23(24-17)25-18-9-5-8-16-20(18)22(27)15-7-4-3-6-14(15)21(16)26/h3-12H,2H2,1H3,(H,24,25).